The number of carboxylic acids is 1. The van der Waals surface area contributed by atoms with E-state index in [2.05, 4.69) is 6.92 Å². The first-order valence-corrected chi connectivity index (χ1v) is 4.45. The third-order valence-corrected chi connectivity index (χ3v) is 1.90. The second kappa shape index (κ2) is 4.60. The fourth-order valence-corrected chi connectivity index (χ4v) is 1.19. The van der Waals surface area contributed by atoms with Crippen molar-refractivity contribution in [2.45, 2.75) is 26.3 Å². The molecule has 0 radical (unpaired) electrons. The van der Waals surface area contributed by atoms with Crippen LogP contribution in [0.2, 0.25) is 0 Å². The normalized spacial score (nSPS) is 9.92. The molecule has 0 amide bonds. The molecule has 70 valence electrons. The van der Waals surface area contributed by atoms with Crippen molar-refractivity contribution in [3.8, 4) is 0 Å². The number of carbonyl (C=O) groups excluding carboxylic acids is 1. The van der Waals surface area contributed by atoms with E-state index < -0.39 is 5.97 Å². The molecule has 1 aromatic rings. The van der Waals surface area contributed by atoms with Gasteiger partial charge in [-0.05, 0) is 6.07 Å². The van der Waals surface area contributed by atoms with Crippen molar-refractivity contribution >= 4 is 5.97 Å². The molecule has 13 heavy (non-hydrogen) atoms. The Hall–Kier alpha value is -1.38. The van der Waals surface area contributed by atoms with Gasteiger partial charge in [0.1, 0.15) is 12.5 Å². The second-order valence-electron chi connectivity index (χ2n) is 2.92. The molecule has 1 rings (SSSR count). The van der Waals surface area contributed by atoms with Crippen LogP contribution in [0.4, 0.5) is 0 Å². The van der Waals surface area contributed by atoms with Gasteiger partial charge in [0.15, 0.2) is 6.20 Å². The lowest BCUT2D eigenvalue weighted by Crippen LogP contribution is -2.44. The van der Waals surface area contributed by atoms with Crippen LogP contribution in [0, 0.1) is 0 Å². The quantitative estimate of drug-likeness (QED) is 0.617. The Balaban J connectivity index is 2.84. The zero-order valence-corrected chi connectivity index (χ0v) is 7.69. The average Bonchev–Trinajstić information content (AvgIpc) is 2.15. The summed E-state index contributed by atoms with van der Waals surface area (Å²) in [6.45, 7) is 2.81. The Labute approximate surface area is 77.6 Å². The summed E-state index contributed by atoms with van der Waals surface area (Å²) in [5.74, 6) is -1.11. The van der Waals surface area contributed by atoms with E-state index in [1.807, 2.05) is 6.07 Å². The first kappa shape index (κ1) is 9.71. The van der Waals surface area contributed by atoms with Crippen molar-refractivity contribution in [1.29, 1.82) is 0 Å². The molecule has 0 fully saturated rings. The van der Waals surface area contributed by atoms with Crippen LogP contribution in [0.5, 0.6) is 0 Å². The summed E-state index contributed by atoms with van der Waals surface area (Å²) >= 11 is 0. The number of nitrogens with zero attached hydrogens (tertiary/aromatic N) is 1. The Kier molecular flexibility index (Phi) is 3.43. The maximum atomic E-state index is 10.7. The number of carbonyl (C=O) groups is 1. The topological polar surface area (TPSA) is 44.0 Å². The van der Waals surface area contributed by atoms with Crippen LogP contribution < -0.4 is 9.67 Å². The van der Waals surface area contributed by atoms with Gasteiger partial charge in [-0.3, -0.25) is 0 Å². The summed E-state index contributed by atoms with van der Waals surface area (Å²) in [6, 6.07) is 5.08. The molecule has 0 aromatic carbocycles. The van der Waals surface area contributed by atoms with Crippen molar-refractivity contribution < 1.29 is 14.5 Å². The minimum Gasteiger partial charge on any atom is -0.539 e. The van der Waals surface area contributed by atoms with E-state index >= 15 is 0 Å². The fourth-order valence-electron chi connectivity index (χ4n) is 1.19. The maximum Gasteiger partial charge on any atom is 0.228 e. The van der Waals surface area contributed by atoms with Gasteiger partial charge in [-0.15, -0.1) is 0 Å². The second-order valence-corrected chi connectivity index (χ2v) is 2.92. The molecule has 1 aromatic heterocycles. The summed E-state index contributed by atoms with van der Waals surface area (Å²) in [7, 11) is 0. The van der Waals surface area contributed by atoms with Crippen LogP contribution in [0.25, 0.3) is 0 Å². The number of aryl methyl sites for hydroxylation is 1. The van der Waals surface area contributed by atoms with Gasteiger partial charge >= 0.3 is 0 Å². The molecule has 0 bridgehead atoms. The van der Waals surface area contributed by atoms with Gasteiger partial charge in [0.25, 0.3) is 0 Å². The maximum absolute atomic E-state index is 10.7. The number of aromatic nitrogens is 1. The van der Waals surface area contributed by atoms with Crippen LogP contribution in [0.15, 0.2) is 24.4 Å². The fraction of sp³-hybridized carbons (Fsp3) is 0.400. The van der Waals surface area contributed by atoms with Crippen molar-refractivity contribution in [2.75, 3.05) is 0 Å². The molecule has 3 heteroatoms. The van der Waals surface area contributed by atoms with Gasteiger partial charge < -0.3 is 9.90 Å². The molecule has 0 aliphatic heterocycles. The van der Waals surface area contributed by atoms with Gasteiger partial charge in [0.2, 0.25) is 5.69 Å². The van der Waals surface area contributed by atoms with E-state index in [1.54, 1.807) is 22.9 Å². The molecular formula is C10H13NO2. The highest BCUT2D eigenvalue weighted by molar-refractivity contribution is 5.81. The van der Waals surface area contributed by atoms with Gasteiger partial charge in [0.05, 0.1) is 0 Å². The third-order valence-electron chi connectivity index (χ3n) is 1.90. The molecule has 0 unspecified atom stereocenters. The molecule has 0 saturated carbocycles. The molecule has 0 aliphatic rings. The number of unbranched alkanes of at least 4 members (excludes halogenated alkanes) is 1. The van der Waals surface area contributed by atoms with E-state index in [-0.39, 0.29) is 5.69 Å². The third kappa shape index (κ3) is 2.54. The highest BCUT2D eigenvalue weighted by Gasteiger charge is 2.08. The Morgan fingerprint density at radius 3 is 2.92 bits per heavy atom. The average molecular weight is 179 g/mol. The Morgan fingerprint density at radius 2 is 2.31 bits per heavy atom. The van der Waals surface area contributed by atoms with E-state index in [9.17, 15) is 9.90 Å². The standard InChI is InChI=1S/C10H13NO2/c1-2-3-7-11-8-5-4-6-9(11)10(12)13/h4-6,8H,2-3,7H2,1H3. The van der Waals surface area contributed by atoms with Crippen LogP contribution in [-0.2, 0) is 6.54 Å². The van der Waals surface area contributed by atoms with Crippen molar-refractivity contribution in [3.05, 3.63) is 30.1 Å². The zero-order chi connectivity index (χ0) is 9.68. The molecule has 3 nitrogen and oxygen atoms in total. The summed E-state index contributed by atoms with van der Waals surface area (Å²) in [6.07, 6.45) is 3.80. The van der Waals surface area contributed by atoms with Crippen molar-refractivity contribution in [2.24, 2.45) is 0 Å². The smallest absolute Gasteiger partial charge is 0.228 e. The van der Waals surface area contributed by atoms with Crippen molar-refractivity contribution in [3.63, 3.8) is 0 Å². The molecule has 0 atom stereocenters. The molecule has 0 saturated heterocycles. The number of hydrogen-bond donors (Lipinski definition) is 0. The van der Waals surface area contributed by atoms with Gasteiger partial charge in [-0.2, -0.15) is 4.57 Å². The monoisotopic (exact) mass is 179 g/mol. The van der Waals surface area contributed by atoms with E-state index in [1.165, 1.54) is 0 Å². The predicted octanol–water partition coefficient (Wildman–Crippen LogP) is 0.138. The lowest BCUT2D eigenvalue weighted by molar-refractivity contribution is -0.701. The molecule has 1 heterocycles. The lowest BCUT2D eigenvalue weighted by atomic mass is 10.3. The molecule has 0 spiro atoms. The first-order valence-electron chi connectivity index (χ1n) is 4.45. The molecular weight excluding hydrogens is 166 g/mol. The van der Waals surface area contributed by atoms with Crippen LogP contribution in [-0.4, -0.2) is 5.97 Å². The highest BCUT2D eigenvalue weighted by Crippen LogP contribution is 1.92. The highest BCUT2D eigenvalue weighted by atomic mass is 16.4. The van der Waals surface area contributed by atoms with E-state index in [4.69, 9.17) is 0 Å². The van der Waals surface area contributed by atoms with Crippen LogP contribution in [0.1, 0.15) is 30.3 Å². The summed E-state index contributed by atoms with van der Waals surface area (Å²) < 4.78 is 1.71. The van der Waals surface area contributed by atoms with Crippen molar-refractivity contribution in [1.82, 2.24) is 0 Å². The van der Waals surface area contributed by atoms with E-state index in [0.29, 0.717) is 0 Å². The minimum atomic E-state index is -1.11. The van der Waals surface area contributed by atoms with Crippen LogP contribution >= 0.6 is 0 Å². The number of pyridine rings is 1. The summed E-state index contributed by atoms with van der Waals surface area (Å²) in [4.78, 5) is 10.7. The Morgan fingerprint density at radius 1 is 1.54 bits per heavy atom. The largest absolute Gasteiger partial charge is 0.539 e. The SMILES string of the molecule is CCCC[n+]1ccccc1C(=O)[O-]. The summed E-state index contributed by atoms with van der Waals surface area (Å²) in [5, 5.41) is 10.7. The lowest BCUT2D eigenvalue weighted by Gasteiger charge is -2.02. The first-order chi connectivity index (χ1) is 6.25. The Bertz CT molecular complexity index is 297. The number of hydrogen-bond acceptors (Lipinski definition) is 2. The predicted molar refractivity (Wildman–Crippen MR) is 45.9 cm³/mol. The number of rotatable bonds is 4. The van der Waals surface area contributed by atoms with Crippen LogP contribution in [0.3, 0.4) is 0 Å². The zero-order valence-electron chi connectivity index (χ0n) is 7.69. The minimum absolute atomic E-state index is 0.246. The molecule has 0 aliphatic carbocycles. The summed E-state index contributed by atoms with van der Waals surface area (Å²) in [5.41, 5.74) is 0.246. The van der Waals surface area contributed by atoms with Gasteiger partial charge in [-0.25, -0.2) is 0 Å². The van der Waals surface area contributed by atoms with Gasteiger partial charge in [0, 0.05) is 18.6 Å². The number of aromatic carboxylic acids is 1. The van der Waals surface area contributed by atoms with Gasteiger partial charge in [-0.1, -0.05) is 13.3 Å². The van der Waals surface area contributed by atoms with E-state index in [0.717, 1.165) is 19.4 Å². The molecule has 0 N–H and O–H groups in total. The number of carboxylic acid groups (broad SMARTS) is 1.